The van der Waals surface area contributed by atoms with E-state index in [0.717, 1.165) is 28.7 Å². The molecule has 4 rings (SSSR count). The number of hydrogen-bond donors (Lipinski definition) is 1. The van der Waals surface area contributed by atoms with Crippen LogP contribution in [-0.4, -0.2) is 30.1 Å². The first kappa shape index (κ1) is 18.4. The number of carbonyl (C=O) groups is 1. The monoisotopic (exact) mass is 394 g/mol. The summed E-state index contributed by atoms with van der Waals surface area (Å²) in [6.07, 6.45) is 6.83. The molecule has 0 aromatic carbocycles. The number of carbonyl (C=O) groups excluding carboxylic acids is 1. The summed E-state index contributed by atoms with van der Waals surface area (Å²) in [4.78, 5) is 17.3. The average molecular weight is 395 g/mol. The quantitative estimate of drug-likeness (QED) is 0.521. The summed E-state index contributed by atoms with van der Waals surface area (Å²) >= 11 is 1.52. The molecular weight excluding hydrogens is 372 g/mol. The maximum absolute atomic E-state index is 12.7. The summed E-state index contributed by atoms with van der Waals surface area (Å²) in [7, 11) is 0. The van der Waals surface area contributed by atoms with Gasteiger partial charge in [0.15, 0.2) is 16.6 Å². The van der Waals surface area contributed by atoms with Gasteiger partial charge in [-0.1, -0.05) is 19.9 Å². The second kappa shape index (κ2) is 7.93. The van der Waals surface area contributed by atoms with Crippen LogP contribution >= 0.6 is 11.3 Å². The molecule has 1 atom stereocenters. The molecule has 0 unspecified atom stereocenters. The van der Waals surface area contributed by atoms with Crippen molar-refractivity contribution < 1.29 is 4.79 Å². The van der Waals surface area contributed by atoms with Crippen LogP contribution in [0, 0.1) is 5.92 Å². The number of nitrogens with zero attached hydrogens (tertiary/aromatic N) is 5. The Labute approximate surface area is 167 Å². The van der Waals surface area contributed by atoms with Gasteiger partial charge in [0, 0.05) is 24.0 Å². The van der Waals surface area contributed by atoms with Crippen molar-refractivity contribution in [1.82, 2.24) is 29.5 Å². The summed E-state index contributed by atoms with van der Waals surface area (Å²) in [5, 5.41) is 14.5. The fourth-order valence-corrected chi connectivity index (χ4v) is 3.96. The van der Waals surface area contributed by atoms with Gasteiger partial charge in [0.2, 0.25) is 5.91 Å². The van der Waals surface area contributed by atoms with Crippen LogP contribution < -0.4 is 5.32 Å². The Balaban J connectivity index is 1.50. The largest absolute Gasteiger partial charge is 0.346 e. The molecule has 0 spiro atoms. The third kappa shape index (κ3) is 3.96. The third-order valence-corrected chi connectivity index (χ3v) is 5.30. The molecule has 4 aromatic heterocycles. The number of hydrogen-bond acceptors (Lipinski definition) is 5. The summed E-state index contributed by atoms with van der Waals surface area (Å²) in [6.45, 7) is 4.26. The fraction of sp³-hybridized carbons (Fsp3) is 0.300. The topological polar surface area (TPSA) is 77.1 Å². The Morgan fingerprint density at radius 2 is 1.93 bits per heavy atom. The van der Waals surface area contributed by atoms with Crippen molar-refractivity contribution >= 4 is 22.9 Å². The minimum absolute atomic E-state index is 0.0670. The second-order valence-corrected chi connectivity index (χ2v) is 7.96. The molecule has 8 heteroatoms. The van der Waals surface area contributed by atoms with E-state index in [1.165, 1.54) is 11.3 Å². The number of rotatable bonds is 7. The standard InChI is InChI=1S/C20H22N6OS/c1-14(2)11-16(19-24-23-17-7-3-4-10-26(17)19)22-18(27)12-15-13-28-20(21-15)25-8-5-6-9-25/h3-10,13-14,16H,11-12H2,1-2H3,(H,22,27)/t16-/m1/s1. The van der Waals surface area contributed by atoms with E-state index in [1.807, 2.05) is 63.3 Å². The number of pyridine rings is 1. The first-order chi connectivity index (χ1) is 13.6. The van der Waals surface area contributed by atoms with Crippen LogP contribution in [0.1, 0.15) is 37.8 Å². The van der Waals surface area contributed by atoms with E-state index in [0.29, 0.717) is 5.92 Å². The van der Waals surface area contributed by atoms with Crippen LogP contribution in [0.4, 0.5) is 0 Å². The molecule has 4 aromatic rings. The molecule has 0 fully saturated rings. The zero-order chi connectivity index (χ0) is 19.5. The van der Waals surface area contributed by atoms with Crippen LogP contribution in [0.3, 0.4) is 0 Å². The number of thiazole rings is 1. The third-order valence-electron chi connectivity index (χ3n) is 4.40. The zero-order valence-electron chi connectivity index (χ0n) is 15.8. The van der Waals surface area contributed by atoms with Crippen molar-refractivity contribution in [2.75, 3.05) is 0 Å². The van der Waals surface area contributed by atoms with Crippen LogP contribution in [0.2, 0.25) is 0 Å². The van der Waals surface area contributed by atoms with Crippen LogP contribution in [0.25, 0.3) is 10.8 Å². The smallest absolute Gasteiger partial charge is 0.226 e. The molecule has 1 amide bonds. The van der Waals surface area contributed by atoms with Gasteiger partial charge in [-0.25, -0.2) is 4.98 Å². The molecule has 0 aliphatic rings. The maximum Gasteiger partial charge on any atom is 0.226 e. The van der Waals surface area contributed by atoms with E-state index in [1.54, 1.807) is 0 Å². The maximum atomic E-state index is 12.7. The predicted octanol–water partition coefficient (Wildman–Crippen LogP) is 3.42. The van der Waals surface area contributed by atoms with Crippen molar-refractivity contribution in [2.45, 2.75) is 32.7 Å². The lowest BCUT2D eigenvalue weighted by molar-refractivity contribution is -0.121. The predicted molar refractivity (Wildman–Crippen MR) is 108 cm³/mol. The molecule has 144 valence electrons. The minimum Gasteiger partial charge on any atom is -0.346 e. The number of aromatic nitrogens is 5. The number of fused-ring (bicyclic) bond motifs is 1. The normalized spacial score (nSPS) is 12.5. The van der Waals surface area contributed by atoms with Crippen LogP contribution in [0.5, 0.6) is 0 Å². The Kier molecular flexibility index (Phi) is 5.21. The number of amides is 1. The first-order valence-electron chi connectivity index (χ1n) is 9.27. The van der Waals surface area contributed by atoms with E-state index in [-0.39, 0.29) is 18.4 Å². The highest BCUT2D eigenvalue weighted by molar-refractivity contribution is 7.12. The lowest BCUT2D eigenvalue weighted by Gasteiger charge is -2.19. The Morgan fingerprint density at radius 1 is 1.14 bits per heavy atom. The summed E-state index contributed by atoms with van der Waals surface area (Å²) < 4.78 is 3.87. The molecule has 0 saturated carbocycles. The number of nitrogens with one attached hydrogen (secondary N) is 1. The van der Waals surface area contributed by atoms with E-state index in [4.69, 9.17) is 0 Å². The van der Waals surface area contributed by atoms with E-state index >= 15 is 0 Å². The highest BCUT2D eigenvalue weighted by atomic mass is 32.1. The van der Waals surface area contributed by atoms with Gasteiger partial charge in [-0.15, -0.1) is 21.5 Å². The average Bonchev–Trinajstić information content (AvgIpc) is 3.41. The van der Waals surface area contributed by atoms with Gasteiger partial charge in [-0.2, -0.15) is 0 Å². The molecule has 0 aliphatic carbocycles. The SMILES string of the molecule is CC(C)C[C@@H](NC(=O)Cc1csc(-n2cccc2)n1)c1nnc2ccccn12. The zero-order valence-corrected chi connectivity index (χ0v) is 16.6. The van der Waals surface area contributed by atoms with Crippen LogP contribution in [0.15, 0.2) is 54.3 Å². The highest BCUT2D eigenvalue weighted by Gasteiger charge is 2.22. The van der Waals surface area contributed by atoms with Crippen molar-refractivity contribution in [2.24, 2.45) is 5.92 Å². The Hall–Kier alpha value is -3.00. The van der Waals surface area contributed by atoms with Gasteiger partial charge in [0.05, 0.1) is 18.2 Å². The van der Waals surface area contributed by atoms with Crippen molar-refractivity contribution in [3.05, 3.63) is 65.8 Å². The molecule has 28 heavy (non-hydrogen) atoms. The minimum atomic E-state index is -0.201. The first-order valence-corrected chi connectivity index (χ1v) is 10.1. The lowest BCUT2D eigenvalue weighted by Crippen LogP contribution is -2.32. The molecule has 0 saturated heterocycles. The van der Waals surface area contributed by atoms with Gasteiger partial charge in [0.1, 0.15) is 0 Å². The molecular formula is C20H22N6OS. The molecule has 4 heterocycles. The van der Waals surface area contributed by atoms with Gasteiger partial charge < -0.3 is 9.88 Å². The summed E-state index contributed by atoms with van der Waals surface area (Å²) in [5.41, 5.74) is 1.54. The van der Waals surface area contributed by atoms with Crippen molar-refractivity contribution in [3.8, 4) is 5.13 Å². The summed E-state index contributed by atoms with van der Waals surface area (Å²) in [6, 6.07) is 9.47. The molecule has 7 nitrogen and oxygen atoms in total. The molecule has 0 bridgehead atoms. The van der Waals surface area contributed by atoms with Crippen LogP contribution in [-0.2, 0) is 11.2 Å². The molecule has 0 radical (unpaired) electrons. The lowest BCUT2D eigenvalue weighted by atomic mass is 10.0. The Bertz CT molecular complexity index is 1070. The second-order valence-electron chi connectivity index (χ2n) is 7.13. The van der Waals surface area contributed by atoms with E-state index in [9.17, 15) is 4.79 Å². The molecule has 0 aliphatic heterocycles. The fourth-order valence-electron chi connectivity index (χ4n) is 3.17. The Morgan fingerprint density at radius 3 is 2.71 bits per heavy atom. The van der Waals surface area contributed by atoms with E-state index in [2.05, 4.69) is 34.3 Å². The molecule has 1 N–H and O–H groups in total. The van der Waals surface area contributed by atoms with Gasteiger partial charge >= 0.3 is 0 Å². The highest BCUT2D eigenvalue weighted by Crippen LogP contribution is 2.21. The van der Waals surface area contributed by atoms with Gasteiger partial charge in [-0.3, -0.25) is 9.20 Å². The van der Waals surface area contributed by atoms with Gasteiger partial charge in [-0.05, 0) is 36.6 Å². The van der Waals surface area contributed by atoms with Gasteiger partial charge in [0.25, 0.3) is 0 Å². The van der Waals surface area contributed by atoms with E-state index < -0.39 is 0 Å². The summed E-state index contributed by atoms with van der Waals surface area (Å²) in [5.74, 6) is 1.09. The van der Waals surface area contributed by atoms with Crippen molar-refractivity contribution in [3.63, 3.8) is 0 Å². The van der Waals surface area contributed by atoms with Crippen molar-refractivity contribution in [1.29, 1.82) is 0 Å².